The number of carbonyl (C=O) groups excluding carboxylic acids is 1. The second-order valence-electron chi connectivity index (χ2n) is 7.59. The van der Waals surface area contributed by atoms with Crippen LogP contribution in [0.15, 0.2) is 0 Å². The molecule has 148 valence electrons. The van der Waals surface area contributed by atoms with Gasteiger partial charge in [-0.2, -0.15) is 10.4 Å². The summed E-state index contributed by atoms with van der Waals surface area (Å²) in [5.41, 5.74) is 3.13. The normalized spacial score (nSPS) is 19.9. The summed E-state index contributed by atoms with van der Waals surface area (Å²) in [6, 6.07) is 2.15. The predicted octanol–water partition coefficient (Wildman–Crippen LogP) is 2.00. The molecule has 2 aliphatic rings. The van der Waals surface area contributed by atoms with E-state index in [1.165, 1.54) is 12.8 Å². The Morgan fingerprint density at radius 1 is 1.37 bits per heavy atom. The smallest absolute Gasteiger partial charge is 0.223 e. The molecular weight excluding hydrogens is 344 g/mol. The minimum atomic E-state index is -0.0151. The molecule has 0 spiro atoms. The Balaban J connectivity index is 1.46. The monoisotopic (exact) mass is 374 g/mol. The zero-order valence-electron chi connectivity index (χ0n) is 16.4. The van der Waals surface area contributed by atoms with Crippen LogP contribution in [0, 0.1) is 31.1 Å². The molecule has 1 aliphatic carbocycles. The number of hydrogen-bond donors (Lipinski definition) is 0. The van der Waals surface area contributed by atoms with Crippen molar-refractivity contribution in [3.05, 3.63) is 17.0 Å². The molecule has 1 atom stereocenters. The van der Waals surface area contributed by atoms with Crippen LogP contribution in [0.1, 0.15) is 42.6 Å². The Morgan fingerprint density at radius 2 is 2.19 bits per heavy atom. The minimum absolute atomic E-state index is 0.0151. The van der Waals surface area contributed by atoms with Crippen LogP contribution >= 0.6 is 0 Å². The zero-order valence-corrected chi connectivity index (χ0v) is 16.4. The van der Waals surface area contributed by atoms with Crippen molar-refractivity contribution in [3.8, 4) is 6.07 Å². The van der Waals surface area contributed by atoms with Gasteiger partial charge in [-0.25, -0.2) is 0 Å². The van der Waals surface area contributed by atoms with Crippen molar-refractivity contribution in [2.45, 2.75) is 58.6 Å². The van der Waals surface area contributed by atoms with Gasteiger partial charge in [0.15, 0.2) is 0 Å². The van der Waals surface area contributed by atoms with Crippen LogP contribution in [0.3, 0.4) is 0 Å². The molecule has 7 nitrogen and oxygen atoms in total. The summed E-state index contributed by atoms with van der Waals surface area (Å²) in [5.74, 6) is 0.904. The highest BCUT2D eigenvalue weighted by molar-refractivity contribution is 5.76. The molecule has 0 N–H and O–H groups in total. The molecule has 1 saturated carbocycles. The average Bonchev–Trinajstić information content (AvgIpc) is 3.45. The highest BCUT2D eigenvalue weighted by Gasteiger charge is 2.26. The van der Waals surface area contributed by atoms with E-state index < -0.39 is 0 Å². The Morgan fingerprint density at radius 3 is 2.93 bits per heavy atom. The predicted molar refractivity (Wildman–Crippen MR) is 100 cm³/mol. The first-order valence-electron chi connectivity index (χ1n) is 9.95. The summed E-state index contributed by atoms with van der Waals surface area (Å²) in [6.07, 6.45) is 4.14. The standard InChI is InChI=1S/C20H30N4O3/c1-15-19(16(2)24(22-15)9-3-8-21)6-7-20(25)23-10-11-27-18(12-23)14-26-13-17-4-5-17/h17-18H,3-7,9-14H2,1-2H3/t18-/m0/s1. The zero-order chi connectivity index (χ0) is 19.2. The number of aromatic nitrogens is 2. The first-order valence-corrected chi connectivity index (χ1v) is 9.95. The first-order chi connectivity index (χ1) is 13.1. The summed E-state index contributed by atoms with van der Waals surface area (Å²) in [4.78, 5) is 14.6. The van der Waals surface area contributed by atoms with Crippen LogP contribution in [0.4, 0.5) is 0 Å². The van der Waals surface area contributed by atoms with Crippen molar-refractivity contribution in [2.75, 3.05) is 32.9 Å². The minimum Gasteiger partial charge on any atom is -0.378 e. The number of amides is 1. The van der Waals surface area contributed by atoms with Gasteiger partial charge in [0.1, 0.15) is 0 Å². The molecule has 0 bridgehead atoms. The van der Waals surface area contributed by atoms with Gasteiger partial charge < -0.3 is 14.4 Å². The van der Waals surface area contributed by atoms with E-state index in [1.54, 1.807) is 0 Å². The first kappa shape index (κ1) is 19.8. The van der Waals surface area contributed by atoms with Gasteiger partial charge in [-0.3, -0.25) is 9.48 Å². The number of nitrogens with zero attached hydrogens (tertiary/aromatic N) is 4. The number of aryl methyl sites for hydroxylation is 2. The molecule has 7 heteroatoms. The van der Waals surface area contributed by atoms with Crippen LogP contribution in [-0.2, 0) is 27.2 Å². The van der Waals surface area contributed by atoms with Gasteiger partial charge in [0.05, 0.1) is 44.0 Å². The molecule has 1 saturated heterocycles. The van der Waals surface area contributed by atoms with Crippen LogP contribution in [0.25, 0.3) is 0 Å². The fourth-order valence-electron chi connectivity index (χ4n) is 3.56. The second kappa shape index (κ2) is 9.34. The van der Waals surface area contributed by atoms with Crippen molar-refractivity contribution >= 4 is 5.91 Å². The van der Waals surface area contributed by atoms with Gasteiger partial charge in [0, 0.05) is 31.8 Å². The Labute approximate surface area is 161 Å². The summed E-state index contributed by atoms with van der Waals surface area (Å²) >= 11 is 0. The number of morpholine rings is 1. The van der Waals surface area contributed by atoms with Crippen LogP contribution in [-0.4, -0.2) is 59.6 Å². The summed E-state index contributed by atoms with van der Waals surface area (Å²) in [7, 11) is 0. The van der Waals surface area contributed by atoms with Crippen LogP contribution in [0.2, 0.25) is 0 Å². The van der Waals surface area contributed by atoms with E-state index in [1.807, 2.05) is 23.4 Å². The van der Waals surface area contributed by atoms with Crippen molar-refractivity contribution in [2.24, 2.45) is 5.92 Å². The Hall–Kier alpha value is -1.91. The summed E-state index contributed by atoms with van der Waals surface area (Å²) < 4.78 is 13.3. The molecule has 2 heterocycles. The lowest BCUT2D eigenvalue weighted by atomic mass is 10.1. The van der Waals surface area contributed by atoms with Crippen molar-refractivity contribution in [3.63, 3.8) is 0 Å². The number of carbonyl (C=O) groups is 1. The van der Waals surface area contributed by atoms with E-state index in [-0.39, 0.29) is 12.0 Å². The van der Waals surface area contributed by atoms with Crippen molar-refractivity contribution in [1.29, 1.82) is 5.26 Å². The topological polar surface area (TPSA) is 80.4 Å². The Kier molecular flexibility index (Phi) is 6.86. The molecule has 0 radical (unpaired) electrons. The maximum Gasteiger partial charge on any atom is 0.223 e. The lowest BCUT2D eigenvalue weighted by Crippen LogP contribution is -2.47. The van der Waals surface area contributed by atoms with Crippen LogP contribution in [0.5, 0.6) is 0 Å². The van der Waals surface area contributed by atoms with Gasteiger partial charge in [0.2, 0.25) is 5.91 Å². The van der Waals surface area contributed by atoms with Gasteiger partial charge >= 0.3 is 0 Å². The molecular formula is C20H30N4O3. The molecule has 3 rings (SSSR count). The third-order valence-electron chi connectivity index (χ3n) is 5.40. The highest BCUT2D eigenvalue weighted by Crippen LogP contribution is 2.28. The molecule has 1 aliphatic heterocycles. The highest BCUT2D eigenvalue weighted by atomic mass is 16.5. The third-order valence-corrected chi connectivity index (χ3v) is 5.40. The molecule has 1 aromatic rings. The van der Waals surface area contributed by atoms with Gasteiger partial charge in [-0.1, -0.05) is 0 Å². The molecule has 0 unspecified atom stereocenters. The molecule has 0 aromatic carbocycles. The van der Waals surface area contributed by atoms with Gasteiger partial charge in [-0.05, 0) is 44.6 Å². The number of ether oxygens (including phenoxy) is 2. The van der Waals surface area contributed by atoms with E-state index in [4.69, 9.17) is 14.7 Å². The fourth-order valence-corrected chi connectivity index (χ4v) is 3.56. The van der Waals surface area contributed by atoms with E-state index in [9.17, 15) is 4.79 Å². The van der Waals surface area contributed by atoms with Crippen molar-refractivity contribution < 1.29 is 14.3 Å². The summed E-state index contributed by atoms with van der Waals surface area (Å²) in [6.45, 7) is 7.82. The number of hydrogen-bond acceptors (Lipinski definition) is 5. The van der Waals surface area contributed by atoms with Crippen molar-refractivity contribution in [1.82, 2.24) is 14.7 Å². The largest absolute Gasteiger partial charge is 0.378 e. The molecule has 1 aromatic heterocycles. The molecule has 2 fully saturated rings. The quantitative estimate of drug-likeness (QED) is 0.660. The maximum absolute atomic E-state index is 12.7. The fraction of sp³-hybridized carbons (Fsp3) is 0.750. The van der Waals surface area contributed by atoms with E-state index in [0.717, 1.165) is 29.5 Å². The second-order valence-corrected chi connectivity index (χ2v) is 7.59. The van der Waals surface area contributed by atoms with E-state index >= 15 is 0 Å². The van der Waals surface area contributed by atoms with Crippen LogP contribution < -0.4 is 0 Å². The third kappa shape index (κ3) is 5.53. The van der Waals surface area contributed by atoms with E-state index in [0.29, 0.717) is 52.1 Å². The molecule has 27 heavy (non-hydrogen) atoms. The van der Waals surface area contributed by atoms with Gasteiger partial charge in [-0.15, -0.1) is 0 Å². The number of nitriles is 1. The maximum atomic E-state index is 12.7. The lowest BCUT2D eigenvalue weighted by molar-refractivity contribution is -0.141. The SMILES string of the molecule is Cc1nn(CCC#N)c(C)c1CCC(=O)N1CCO[C@H](COCC2CC2)C1. The molecule has 1 amide bonds. The van der Waals surface area contributed by atoms with E-state index in [2.05, 4.69) is 11.2 Å². The average molecular weight is 374 g/mol. The Bertz CT molecular complexity index is 690. The summed E-state index contributed by atoms with van der Waals surface area (Å²) in [5, 5.41) is 13.3. The van der Waals surface area contributed by atoms with Gasteiger partial charge in [0.25, 0.3) is 0 Å². The number of rotatable bonds is 9. The lowest BCUT2D eigenvalue weighted by Gasteiger charge is -2.33.